The van der Waals surface area contributed by atoms with E-state index in [2.05, 4.69) is 166 Å². The Balaban J connectivity index is 1.30. The normalized spacial score (nSPS) is 14.2. The van der Waals surface area contributed by atoms with Crippen molar-refractivity contribution in [2.24, 2.45) is 0 Å². The summed E-state index contributed by atoms with van der Waals surface area (Å²) in [4.78, 5) is 5.13. The fraction of sp³-hybridized carbons (Fsp3) is 0. The van der Waals surface area contributed by atoms with Gasteiger partial charge in [0, 0.05) is 55.7 Å². The number of ether oxygens (including phenoxy) is 1. The predicted octanol–water partition coefficient (Wildman–Crippen LogP) is 8.20. The maximum absolute atomic E-state index is 6.95. The minimum atomic E-state index is -0.0937. The summed E-state index contributed by atoms with van der Waals surface area (Å²) in [6, 6.07) is 55.3. The molecular weight excluding hydrogens is 584 g/mol. The van der Waals surface area contributed by atoms with E-state index in [9.17, 15) is 0 Å². The molecule has 4 aliphatic rings. The van der Waals surface area contributed by atoms with Crippen LogP contribution in [0.1, 0.15) is 0 Å². The Labute approximate surface area is 278 Å². The molecule has 0 saturated carbocycles. The highest BCUT2D eigenvalue weighted by Gasteiger charge is 2.52. The fourth-order valence-electron chi connectivity index (χ4n) is 9.25. The summed E-state index contributed by atoms with van der Waals surface area (Å²) in [5.41, 5.74) is 16.2. The van der Waals surface area contributed by atoms with Crippen molar-refractivity contribution < 1.29 is 4.74 Å². The molecule has 4 aliphatic heterocycles. The van der Waals surface area contributed by atoms with Gasteiger partial charge in [-0.25, -0.2) is 0 Å². The van der Waals surface area contributed by atoms with Gasteiger partial charge in [0.05, 0.1) is 0 Å². The Bertz CT molecular complexity index is 2690. The Kier molecular flexibility index (Phi) is 4.59. The second-order valence-electron chi connectivity index (χ2n) is 13.2. The van der Waals surface area contributed by atoms with Crippen LogP contribution in [0, 0.1) is 0 Å². The number of aromatic nitrogens is 1. The van der Waals surface area contributed by atoms with Crippen LogP contribution < -0.4 is 30.7 Å². The zero-order valence-corrected chi connectivity index (χ0v) is 25.8. The zero-order chi connectivity index (χ0) is 31.1. The van der Waals surface area contributed by atoms with Crippen LogP contribution in [0.3, 0.4) is 0 Å². The average molecular weight is 609 g/mol. The molecule has 48 heavy (non-hydrogen) atoms. The molecule has 0 amide bonds. The van der Waals surface area contributed by atoms with Crippen molar-refractivity contribution >= 4 is 74.8 Å². The van der Waals surface area contributed by atoms with Crippen LogP contribution >= 0.6 is 0 Å². The first-order chi connectivity index (χ1) is 23.9. The molecule has 0 bridgehead atoms. The quantitative estimate of drug-likeness (QED) is 0.185. The van der Waals surface area contributed by atoms with E-state index in [-0.39, 0.29) is 13.8 Å². The summed E-state index contributed by atoms with van der Waals surface area (Å²) in [5, 5.41) is 2.57. The molecule has 1 aromatic heterocycles. The van der Waals surface area contributed by atoms with Gasteiger partial charge in [-0.05, 0) is 82.1 Å². The summed E-state index contributed by atoms with van der Waals surface area (Å²) in [7, 11) is 0. The number of nitrogens with zero attached hydrogens (tertiary/aromatic N) is 3. The first kappa shape index (κ1) is 25.0. The summed E-state index contributed by atoms with van der Waals surface area (Å²) >= 11 is 0. The van der Waals surface area contributed by atoms with Crippen LogP contribution in [0.2, 0.25) is 0 Å². The standard InChI is InChI=1S/C42H25B2N3O/c1-3-13-26(14-4-1)45-34-22-12-23-35-38(34)39-40-31(25-37-41(39)43(45)32-20-8-10-24-36(32)48-37)30-19-11-18-29-28-17-7-9-21-33(28)47(42(29)30)44(40)46(35)27-15-5-2-6-16-27/h1-25H. The van der Waals surface area contributed by atoms with Crippen LogP contribution in [0.25, 0.3) is 44.1 Å². The zero-order valence-electron chi connectivity index (χ0n) is 25.8. The second kappa shape index (κ2) is 8.81. The van der Waals surface area contributed by atoms with E-state index in [1.807, 2.05) is 0 Å². The summed E-state index contributed by atoms with van der Waals surface area (Å²) in [6.07, 6.45) is 0. The topological polar surface area (TPSA) is 20.6 Å². The third-order valence-electron chi connectivity index (χ3n) is 11.0. The Morgan fingerprint density at radius 2 is 1.15 bits per heavy atom. The minimum absolute atomic E-state index is 0.0436. The van der Waals surface area contributed by atoms with E-state index in [0.717, 1.165) is 11.5 Å². The fourth-order valence-corrected chi connectivity index (χ4v) is 9.25. The lowest BCUT2D eigenvalue weighted by Gasteiger charge is -2.49. The van der Waals surface area contributed by atoms with Gasteiger partial charge in [-0.2, -0.15) is 0 Å². The molecule has 0 atom stereocenters. The molecule has 0 unspecified atom stereocenters. The van der Waals surface area contributed by atoms with Gasteiger partial charge < -0.3 is 18.8 Å². The molecule has 0 radical (unpaired) electrons. The molecule has 220 valence electrons. The first-order valence-electron chi connectivity index (χ1n) is 16.7. The first-order valence-corrected chi connectivity index (χ1v) is 16.7. The number of rotatable bonds is 2. The van der Waals surface area contributed by atoms with Crippen molar-refractivity contribution in [2.75, 3.05) is 9.62 Å². The van der Waals surface area contributed by atoms with Crippen LogP contribution in [0.4, 0.5) is 22.7 Å². The number of benzene rings is 7. The van der Waals surface area contributed by atoms with E-state index < -0.39 is 0 Å². The number of anilines is 4. The maximum Gasteiger partial charge on any atom is 0.421 e. The minimum Gasteiger partial charge on any atom is -0.458 e. The van der Waals surface area contributed by atoms with Crippen molar-refractivity contribution in [3.63, 3.8) is 0 Å². The van der Waals surface area contributed by atoms with Crippen molar-refractivity contribution in [3.8, 4) is 33.8 Å². The third kappa shape index (κ3) is 2.91. The number of para-hydroxylation sites is 5. The number of hydrogen-bond donors (Lipinski definition) is 0. The van der Waals surface area contributed by atoms with Gasteiger partial charge in [0.15, 0.2) is 0 Å². The van der Waals surface area contributed by atoms with E-state index in [0.29, 0.717) is 0 Å². The summed E-state index contributed by atoms with van der Waals surface area (Å²) in [5.74, 6) is 1.87. The van der Waals surface area contributed by atoms with Gasteiger partial charge >= 0.3 is 13.8 Å². The molecule has 4 nitrogen and oxygen atoms in total. The van der Waals surface area contributed by atoms with Gasteiger partial charge in [0.2, 0.25) is 0 Å². The van der Waals surface area contributed by atoms with E-state index in [1.54, 1.807) is 0 Å². The lowest BCUT2D eigenvalue weighted by molar-refractivity contribution is 0.487. The molecule has 0 N–H and O–H groups in total. The number of hydrogen-bond acceptors (Lipinski definition) is 3. The lowest BCUT2D eigenvalue weighted by Crippen LogP contribution is -2.65. The highest BCUT2D eigenvalue weighted by molar-refractivity contribution is 6.94. The second-order valence-corrected chi connectivity index (χ2v) is 13.2. The van der Waals surface area contributed by atoms with Crippen molar-refractivity contribution in [2.45, 2.75) is 0 Å². The summed E-state index contributed by atoms with van der Waals surface area (Å²) in [6.45, 7) is -0.137. The Morgan fingerprint density at radius 3 is 1.98 bits per heavy atom. The summed E-state index contributed by atoms with van der Waals surface area (Å²) < 4.78 is 9.57. The van der Waals surface area contributed by atoms with Gasteiger partial charge in [-0.1, -0.05) is 97.1 Å². The average Bonchev–Trinajstić information content (AvgIpc) is 3.49. The highest BCUT2D eigenvalue weighted by Crippen LogP contribution is 2.54. The molecule has 0 fully saturated rings. The van der Waals surface area contributed by atoms with Gasteiger partial charge in [0.25, 0.3) is 0 Å². The third-order valence-corrected chi connectivity index (χ3v) is 11.0. The van der Waals surface area contributed by atoms with Crippen molar-refractivity contribution in [3.05, 3.63) is 152 Å². The molecular formula is C42H25B2N3O. The van der Waals surface area contributed by atoms with E-state index in [1.165, 1.54) is 83.2 Å². The predicted molar refractivity (Wildman–Crippen MR) is 200 cm³/mol. The van der Waals surface area contributed by atoms with Crippen molar-refractivity contribution in [1.29, 1.82) is 0 Å². The molecule has 7 aromatic carbocycles. The monoisotopic (exact) mass is 609 g/mol. The van der Waals surface area contributed by atoms with Crippen LogP contribution in [-0.2, 0) is 0 Å². The van der Waals surface area contributed by atoms with Crippen LogP contribution in [-0.4, -0.2) is 18.3 Å². The molecule has 6 heteroatoms. The SMILES string of the molecule is c1ccc(N2B3c4ccccc4Oc4cc5c6c(c43)-c3c2cccc3N(c2ccccc2)B6n2c3ccccc3c3cccc-5c32)cc1. The van der Waals surface area contributed by atoms with Gasteiger partial charge in [0.1, 0.15) is 11.5 Å². The smallest absolute Gasteiger partial charge is 0.421 e. The molecule has 0 saturated heterocycles. The molecule has 5 heterocycles. The Hall–Kier alpha value is -6.13. The van der Waals surface area contributed by atoms with Crippen molar-refractivity contribution in [1.82, 2.24) is 4.48 Å². The molecule has 12 rings (SSSR count). The van der Waals surface area contributed by atoms with E-state index in [4.69, 9.17) is 4.74 Å². The molecule has 8 aromatic rings. The van der Waals surface area contributed by atoms with E-state index >= 15 is 0 Å². The highest BCUT2D eigenvalue weighted by atomic mass is 16.5. The van der Waals surface area contributed by atoms with Crippen LogP contribution in [0.5, 0.6) is 11.5 Å². The molecule has 0 aliphatic carbocycles. The van der Waals surface area contributed by atoms with Crippen LogP contribution in [0.15, 0.2) is 152 Å². The van der Waals surface area contributed by atoms with Gasteiger partial charge in [-0.3, -0.25) is 0 Å². The number of fused-ring (bicyclic) bond motifs is 7. The lowest BCUT2D eigenvalue weighted by atomic mass is 9.41. The van der Waals surface area contributed by atoms with Gasteiger partial charge in [-0.15, -0.1) is 0 Å². The Morgan fingerprint density at radius 1 is 0.479 bits per heavy atom. The molecule has 0 spiro atoms. The largest absolute Gasteiger partial charge is 0.458 e. The maximum atomic E-state index is 6.95.